The minimum atomic E-state index is -3.54. The molecule has 0 fully saturated rings. The number of nitrogens with two attached hydrogens (primary N) is 1. The van der Waals surface area contributed by atoms with Crippen molar-refractivity contribution in [1.29, 1.82) is 0 Å². The van der Waals surface area contributed by atoms with E-state index >= 15 is 0 Å². The molecular formula is C12H18N2O3S. The van der Waals surface area contributed by atoms with Crippen LogP contribution >= 0.6 is 0 Å². The van der Waals surface area contributed by atoms with Gasteiger partial charge >= 0.3 is 0 Å². The molecule has 1 aromatic carbocycles. The molecule has 0 aliphatic carbocycles. The van der Waals surface area contributed by atoms with Crippen molar-refractivity contribution in [2.75, 3.05) is 12.3 Å². The van der Waals surface area contributed by atoms with Crippen LogP contribution < -0.4 is 10.5 Å². The Bertz CT molecular complexity index is 512. The number of sulfonamides is 1. The molecular weight excluding hydrogens is 252 g/mol. The van der Waals surface area contributed by atoms with Gasteiger partial charge in [-0.3, -0.25) is 4.79 Å². The summed E-state index contributed by atoms with van der Waals surface area (Å²) in [6, 6.07) is 6.86. The lowest BCUT2D eigenvalue weighted by Crippen LogP contribution is -2.33. The predicted molar refractivity (Wildman–Crippen MR) is 70.7 cm³/mol. The number of amides is 1. The van der Waals surface area contributed by atoms with Gasteiger partial charge in [-0.25, -0.2) is 13.1 Å². The Labute approximate surface area is 107 Å². The van der Waals surface area contributed by atoms with Crippen LogP contribution in [0.2, 0.25) is 0 Å². The summed E-state index contributed by atoms with van der Waals surface area (Å²) in [6.07, 6.45) is 1.00. The quantitative estimate of drug-likeness (QED) is 0.794. The lowest BCUT2D eigenvalue weighted by molar-refractivity contribution is 0.0980. The maximum absolute atomic E-state index is 11.9. The SMILES string of the molecule is CCCS(=O)(=O)NC(=O)c1ccccc1CCN. The van der Waals surface area contributed by atoms with Gasteiger partial charge in [0.25, 0.3) is 5.91 Å². The second kappa shape index (κ2) is 6.51. The van der Waals surface area contributed by atoms with Crippen LogP contribution in [0.5, 0.6) is 0 Å². The second-order valence-electron chi connectivity index (χ2n) is 3.95. The second-order valence-corrected chi connectivity index (χ2v) is 5.79. The van der Waals surface area contributed by atoms with Crippen LogP contribution in [-0.4, -0.2) is 26.6 Å². The van der Waals surface area contributed by atoms with Gasteiger partial charge in [0, 0.05) is 5.56 Å². The molecule has 6 heteroatoms. The van der Waals surface area contributed by atoms with E-state index < -0.39 is 15.9 Å². The molecule has 0 atom stereocenters. The van der Waals surface area contributed by atoms with Gasteiger partial charge in [0.15, 0.2) is 0 Å². The maximum atomic E-state index is 11.9. The Morgan fingerprint density at radius 3 is 2.61 bits per heavy atom. The van der Waals surface area contributed by atoms with Gasteiger partial charge in [-0.15, -0.1) is 0 Å². The fourth-order valence-electron chi connectivity index (χ4n) is 1.63. The van der Waals surface area contributed by atoms with E-state index in [0.717, 1.165) is 5.56 Å². The van der Waals surface area contributed by atoms with E-state index in [2.05, 4.69) is 4.72 Å². The van der Waals surface area contributed by atoms with Gasteiger partial charge in [0.2, 0.25) is 10.0 Å². The van der Waals surface area contributed by atoms with E-state index in [4.69, 9.17) is 5.73 Å². The lowest BCUT2D eigenvalue weighted by atomic mass is 10.0. The fraction of sp³-hybridized carbons (Fsp3) is 0.417. The first kappa shape index (κ1) is 14.7. The maximum Gasteiger partial charge on any atom is 0.265 e. The molecule has 0 radical (unpaired) electrons. The topological polar surface area (TPSA) is 89.3 Å². The highest BCUT2D eigenvalue weighted by Crippen LogP contribution is 2.09. The molecule has 1 amide bonds. The third-order valence-electron chi connectivity index (χ3n) is 2.40. The number of hydrogen-bond acceptors (Lipinski definition) is 4. The molecule has 0 aromatic heterocycles. The first-order valence-corrected chi connectivity index (χ1v) is 7.48. The fourth-order valence-corrected chi connectivity index (χ4v) is 2.66. The Kier molecular flexibility index (Phi) is 5.30. The number of hydrogen-bond donors (Lipinski definition) is 2. The van der Waals surface area contributed by atoms with Crippen LogP contribution in [-0.2, 0) is 16.4 Å². The summed E-state index contributed by atoms with van der Waals surface area (Å²) in [5.74, 6) is -0.648. The number of carbonyl (C=O) groups is 1. The number of carbonyl (C=O) groups excluding carboxylic acids is 1. The number of rotatable bonds is 6. The molecule has 1 aromatic rings. The predicted octanol–water partition coefficient (Wildman–Crippen LogP) is 0.657. The first-order valence-electron chi connectivity index (χ1n) is 5.83. The van der Waals surface area contributed by atoms with Crippen LogP contribution in [0.1, 0.15) is 29.3 Å². The summed E-state index contributed by atoms with van der Waals surface area (Å²) >= 11 is 0. The lowest BCUT2D eigenvalue weighted by Gasteiger charge is -2.09. The van der Waals surface area contributed by atoms with Gasteiger partial charge in [-0.2, -0.15) is 0 Å². The zero-order valence-electron chi connectivity index (χ0n) is 10.3. The van der Waals surface area contributed by atoms with Crippen molar-refractivity contribution in [3.05, 3.63) is 35.4 Å². The summed E-state index contributed by atoms with van der Waals surface area (Å²) in [5.41, 5.74) is 6.57. The van der Waals surface area contributed by atoms with Gasteiger partial charge in [0.1, 0.15) is 0 Å². The number of nitrogens with one attached hydrogen (secondary N) is 1. The van der Waals surface area contributed by atoms with Gasteiger partial charge in [0.05, 0.1) is 5.75 Å². The van der Waals surface area contributed by atoms with E-state index in [1.165, 1.54) is 0 Å². The average molecular weight is 270 g/mol. The highest BCUT2D eigenvalue weighted by atomic mass is 32.2. The Morgan fingerprint density at radius 2 is 2.00 bits per heavy atom. The smallest absolute Gasteiger partial charge is 0.265 e. The van der Waals surface area contributed by atoms with Crippen LogP contribution in [0.15, 0.2) is 24.3 Å². The van der Waals surface area contributed by atoms with Gasteiger partial charge in [-0.1, -0.05) is 25.1 Å². The minimum Gasteiger partial charge on any atom is -0.330 e. The molecule has 0 bridgehead atoms. The van der Waals surface area contributed by atoms with E-state index in [9.17, 15) is 13.2 Å². The largest absolute Gasteiger partial charge is 0.330 e. The molecule has 5 nitrogen and oxygen atoms in total. The van der Waals surface area contributed by atoms with Crippen LogP contribution in [0, 0.1) is 0 Å². The van der Waals surface area contributed by atoms with E-state index in [1.54, 1.807) is 31.2 Å². The van der Waals surface area contributed by atoms with E-state index in [1.807, 2.05) is 0 Å². The molecule has 3 N–H and O–H groups in total. The first-order chi connectivity index (χ1) is 8.50. The van der Waals surface area contributed by atoms with E-state index in [0.29, 0.717) is 24.9 Å². The molecule has 0 unspecified atom stereocenters. The average Bonchev–Trinajstić information content (AvgIpc) is 2.29. The molecule has 0 spiro atoms. The molecule has 0 heterocycles. The Balaban J connectivity index is 2.91. The van der Waals surface area contributed by atoms with Crippen molar-refractivity contribution in [2.24, 2.45) is 5.73 Å². The molecule has 0 saturated heterocycles. The van der Waals surface area contributed by atoms with E-state index in [-0.39, 0.29) is 5.75 Å². The van der Waals surface area contributed by atoms with Crippen molar-refractivity contribution < 1.29 is 13.2 Å². The van der Waals surface area contributed by atoms with Crippen molar-refractivity contribution >= 4 is 15.9 Å². The summed E-state index contributed by atoms with van der Waals surface area (Å²) in [7, 11) is -3.54. The highest BCUT2D eigenvalue weighted by Gasteiger charge is 2.17. The molecule has 100 valence electrons. The molecule has 0 saturated carbocycles. The third-order valence-corrected chi connectivity index (χ3v) is 3.84. The third kappa shape index (κ3) is 4.12. The zero-order chi connectivity index (χ0) is 13.6. The van der Waals surface area contributed by atoms with Crippen molar-refractivity contribution in [2.45, 2.75) is 19.8 Å². The summed E-state index contributed by atoms with van der Waals surface area (Å²) in [6.45, 7) is 2.15. The number of benzene rings is 1. The Morgan fingerprint density at radius 1 is 1.33 bits per heavy atom. The molecule has 18 heavy (non-hydrogen) atoms. The molecule has 0 aliphatic rings. The molecule has 1 rings (SSSR count). The monoisotopic (exact) mass is 270 g/mol. The van der Waals surface area contributed by atoms with Crippen LogP contribution in [0.4, 0.5) is 0 Å². The van der Waals surface area contributed by atoms with Crippen molar-refractivity contribution in [3.8, 4) is 0 Å². The minimum absolute atomic E-state index is 0.0577. The van der Waals surface area contributed by atoms with Crippen LogP contribution in [0.3, 0.4) is 0 Å². The van der Waals surface area contributed by atoms with Gasteiger partial charge < -0.3 is 5.73 Å². The normalized spacial score (nSPS) is 11.2. The summed E-state index contributed by atoms with van der Waals surface area (Å²) in [4.78, 5) is 11.9. The molecule has 0 aliphatic heterocycles. The van der Waals surface area contributed by atoms with Crippen molar-refractivity contribution in [3.63, 3.8) is 0 Å². The summed E-state index contributed by atoms with van der Waals surface area (Å²) < 4.78 is 25.1. The van der Waals surface area contributed by atoms with Crippen LogP contribution in [0.25, 0.3) is 0 Å². The highest BCUT2D eigenvalue weighted by molar-refractivity contribution is 7.90. The van der Waals surface area contributed by atoms with Gasteiger partial charge in [-0.05, 0) is 31.0 Å². The summed E-state index contributed by atoms with van der Waals surface area (Å²) in [5, 5.41) is 0. The Hall–Kier alpha value is -1.40. The van der Waals surface area contributed by atoms with Crippen molar-refractivity contribution in [1.82, 2.24) is 4.72 Å². The zero-order valence-corrected chi connectivity index (χ0v) is 11.2. The standard InChI is InChI=1S/C12H18N2O3S/c1-2-9-18(16,17)14-12(15)11-6-4-3-5-10(11)7-8-13/h3-6H,2,7-9,13H2,1H3,(H,14,15).